The fourth-order valence-corrected chi connectivity index (χ4v) is 1.10. The number of amides is 1. The maximum Gasteiger partial charge on any atom is 0.252 e. The second-order valence-electron chi connectivity index (χ2n) is 2.69. The zero-order valence-electron chi connectivity index (χ0n) is 7.79. The molecule has 0 aliphatic heterocycles. The summed E-state index contributed by atoms with van der Waals surface area (Å²) in [6, 6.07) is 1.83. The standard InChI is InChI=1S/C9H13N3O.2CH4/c1-3-6-4-8(11-2)7(5-12-6)9(10)13;;/h4-5H,3H2,1-2H3,(H2,10,13)(H,11,12);2*1H4. The number of aromatic nitrogens is 1. The number of carbonyl (C=O) groups excluding carboxylic acids is 1. The van der Waals surface area contributed by atoms with Gasteiger partial charge in [0.1, 0.15) is 0 Å². The van der Waals surface area contributed by atoms with Gasteiger partial charge in [0.2, 0.25) is 0 Å². The van der Waals surface area contributed by atoms with Crippen molar-refractivity contribution >= 4 is 11.6 Å². The van der Waals surface area contributed by atoms with Gasteiger partial charge in [-0.2, -0.15) is 0 Å². The number of rotatable bonds is 3. The fraction of sp³-hybridized carbons (Fsp3) is 0.455. The molecule has 1 amide bonds. The van der Waals surface area contributed by atoms with Crippen molar-refractivity contribution in [2.45, 2.75) is 28.2 Å². The first-order valence-corrected chi connectivity index (χ1v) is 4.15. The SMILES string of the molecule is C.C.CCc1cc(NC)c(C(N)=O)cn1. The summed E-state index contributed by atoms with van der Waals surface area (Å²) >= 11 is 0. The summed E-state index contributed by atoms with van der Waals surface area (Å²) in [5.41, 5.74) is 7.27. The Labute approximate surface area is 91.9 Å². The van der Waals surface area contributed by atoms with Crippen molar-refractivity contribution in [2.24, 2.45) is 5.73 Å². The fourth-order valence-electron chi connectivity index (χ4n) is 1.10. The summed E-state index contributed by atoms with van der Waals surface area (Å²) < 4.78 is 0. The van der Waals surface area contributed by atoms with E-state index < -0.39 is 5.91 Å². The van der Waals surface area contributed by atoms with Crippen molar-refractivity contribution in [3.63, 3.8) is 0 Å². The number of nitrogens with zero attached hydrogens (tertiary/aromatic N) is 1. The molecule has 0 radical (unpaired) electrons. The van der Waals surface area contributed by atoms with Crippen LogP contribution in [0.4, 0.5) is 5.69 Å². The number of carbonyl (C=O) groups is 1. The molecule has 0 aromatic carbocycles. The van der Waals surface area contributed by atoms with Crippen molar-refractivity contribution < 1.29 is 4.79 Å². The van der Waals surface area contributed by atoms with Crippen LogP contribution in [0.3, 0.4) is 0 Å². The summed E-state index contributed by atoms with van der Waals surface area (Å²) in [7, 11) is 1.75. The minimum atomic E-state index is -0.459. The lowest BCUT2D eigenvalue weighted by atomic mass is 10.2. The molecule has 0 atom stereocenters. The molecule has 4 heteroatoms. The third kappa shape index (κ3) is 3.58. The van der Waals surface area contributed by atoms with Crippen LogP contribution < -0.4 is 11.1 Å². The number of nitrogens with one attached hydrogen (secondary N) is 1. The Balaban J connectivity index is 0. The number of pyridine rings is 1. The third-order valence-corrected chi connectivity index (χ3v) is 1.86. The van der Waals surface area contributed by atoms with Crippen LogP contribution in [-0.4, -0.2) is 17.9 Å². The summed E-state index contributed by atoms with van der Waals surface area (Å²) in [6.45, 7) is 2.01. The molecule has 86 valence electrons. The molecule has 4 nitrogen and oxygen atoms in total. The van der Waals surface area contributed by atoms with E-state index in [-0.39, 0.29) is 14.9 Å². The van der Waals surface area contributed by atoms with E-state index in [1.54, 1.807) is 7.05 Å². The second kappa shape index (κ2) is 6.81. The molecular weight excluding hydrogens is 190 g/mol. The van der Waals surface area contributed by atoms with Crippen LogP contribution in [0.5, 0.6) is 0 Å². The maximum absolute atomic E-state index is 10.9. The largest absolute Gasteiger partial charge is 0.387 e. The molecule has 1 aromatic heterocycles. The quantitative estimate of drug-likeness (QED) is 0.804. The van der Waals surface area contributed by atoms with Crippen molar-refractivity contribution in [3.05, 3.63) is 23.5 Å². The van der Waals surface area contributed by atoms with E-state index in [1.807, 2.05) is 13.0 Å². The highest BCUT2D eigenvalue weighted by molar-refractivity contribution is 5.98. The zero-order chi connectivity index (χ0) is 9.84. The van der Waals surface area contributed by atoms with Crippen LogP contribution in [-0.2, 0) is 6.42 Å². The normalized spacial score (nSPS) is 8.40. The average Bonchev–Trinajstić information content (AvgIpc) is 2.16. The Morgan fingerprint density at radius 1 is 1.53 bits per heavy atom. The first-order chi connectivity index (χ1) is 6.19. The highest BCUT2D eigenvalue weighted by Gasteiger charge is 2.07. The predicted octanol–water partition coefficient (Wildman–Crippen LogP) is 2.06. The van der Waals surface area contributed by atoms with Gasteiger partial charge in [-0.1, -0.05) is 21.8 Å². The summed E-state index contributed by atoms with van der Waals surface area (Å²) in [4.78, 5) is 15.0. The van der Waals surface area contributed by atoms with Crippen molar-refractivity contribution in [1.29, 1.82) is 0 Å². The minimum Gasteiger partial charge on any atom is -0.387 e. The summed E-state index contributed by atoms with van der Waals surface area (Å²) in [6.07, 6.45) is 2.35. The van der Waals surface area contributed by atoms with Crippen LogP contribution in [0.1, 0.15) is 37.8 Å². The Morgan fingerprint density at radius 2 is 2.13 bits per heavy atom. The van der Waals surface area contributed by atoms with Gasteiger partial charge in [-0.15, -0.1) is 0 Å². The lowest BCUT2D eigenvalue weighted by molar-refractivity contribution is 0.100. The van der Waals surface area contributed by atoms with Gasteiger partial charge in [-0.05, 0) is 12.5 Å². The highest BCUT2D eigenvalue weighted by atomic mass is 16.1. The lowest BCUT2D eigenvalue weighted by Gasteiger charge is -2.06. The Bertz CT molecular complexity index is 324. The second-order valence-corrected chi connectivity index (χ2v) is 2.69. The van der Waals surface area contributed by atoms with Gasteiger partial charge in [0.05, 0.1) is 11.3 Å². The average molecular weight is 211 g/mol. The topological polar surface area (TPSA) is 68.0 Å². The van der Waals surface area contributed by atoms with Gasteiger partial charge in [-0.25, -0.2) is 0 Å². The lowest BCUT2D eigenvalue weighted by Crippen LogP contribution is -2.14. The number of hydrogen-bond acceptors (Lipinski definition) is 3. The third-order valence-electron chi connectivity index (χ3n) is 1.86. The van der Waals surface area contributed by atoms with Gasteiger partial charge in [-0.3, -0.25) is 9.78 Å². The molecular formula is C11H21N3O. The number of anilines is 1. The van der Waals surface area contributed by atoms with Gasteiger partial charge >= 0.3 is 0 Å². The van der Waals surface area contributed by atoms with Crippen molar-refractivity contribution in [2.75, 3.05) is 12.4 Å². The van der Waals surface area contributed by atoms with E-state index >= 15 is 0 Å². The molecule has 0 saturated heterocycles. The van der Waals surface area contributed by atoms with E-state index in [4.69, 9.17) is 5.73 Å². The van der Waals surface area contributed by atoms with Crippen LogP contribution in [0, 0.1) is 0 Å². The van der Waals surface area contributed by atoms with E-state index in [0.29, 0.717) is 5.56 Å². The van der Waals surface area contributed by atoms with Crippen molar-refractivity contribution in [3.8, 4) is 0 Å². The molecule has 0 unspecified atom stereocenters. The van der Waals surface area contributed by atoms with Gasteiger partial charge in [0.15, 0.2) is 0 Å². The first-order valence-electron chi connectivity index (χ1n) is 4.15. The Kier molecular flexibility index (Phi) is 7.21. The zero-order valence-corrected chi connectivity index (χ0v) is 7.79. The number of hydrogen-bond donors (Lipinski definition) is 2. The van der Waals surface area contributed by atoms with Gasteiger partial charge < -0.3 is 11.1 Å². The Morgan fingerprint density at radius 3 is 2.53 bits per heavy atom. The summed E-state index contributed by atoms with van der Waals surface area (Å²) in [5, 5.41) is 2.91. The molecule has 0 spiro atoms. The van der Waals surface area contributed by atoms with Crippen LogP contribution in [0.25, 0.3) is 0 Å². The molecule has 0 aliphatic carbocycles. The van der Waals surface area contributed by atoms with E-state index in [1.165, 1.54) is 6.20 Å². The molecule has 15 heavy (non-hydrogen) atoms. The van der Waals surface area contributed by atoms with E-state index in [0.717, 1.165) is 17.8 Å². The summed E-state index contributed by atoms with van der Waals surface area (Å²) in [5.74, 6) is -0.459. The number of nitrogens with two attached hydrogens (primary N) is 1. The van der Waals surface area contributed by atoms with Crippen LogP contribution in [0.15, 0.2) is 12.3 Å². The van der Waals surface area contributed by atoms with Gasteiger partial charge in [0.25, 0.3) is 5.91 Å². The molecule has 0 fully saturated rings. The smallest absolute Gasteiger partial charge is 0.252 e. The molecule has 0 bridgehead atoms. The highest BCUT2D eigenvalue weighted by Crippen LogP contribution is 2.14. The van der Waals surface area contributed by atoms with Gasteiger partial charge in [0, 0.05) is 18.9 Å². The molecule has 0 saturated carbocycles. The minimum absolute atomic E-state index is 0. The number of primary amides is 1. The first kappa shape index (κ1) is 15.9. The van der Waals surface area contributed by atoms with Crippen LogP contribution >= 0.6 is 0 Å². The molecule has 3 N–H and O–H groups in total. The predicted molar refractivity (Wildman–Crippen MR) is 65.1 cm³/mol. The molecule has 1 aromatic rings. The maximum atomic E-state index is 10.9. The Hall–Kier alpha value is -1.58. The van der Waals surface area contributed by atoms with E-state index in [9.17, 15) is 4.79 Å². The molecule has 0 aliphatic rings. The van der Waals surface area contributed by atoms with Crippen molar-refractivity contribution in [1.82, 2.24) is 4.98 Å². The number of aryl methyl sites for hydroxylation is 1. The molecule has 1 rings (SSSR count). The van der Waals surface area contributed by atoms with E-state index in [2.05, 4.69) is 10.3 Å². The monoisotopic (exact) mass is 211 g/mol. The van der Waals surface area contributed by atoms with Crippen LogP contribution in [0.2, 0.25) is 0 Å². The molecule has 1 heterocycles.